The van der Waals surface area contributed by atoms with Gasteiger partial charge in [0.1, 0.15) is 5.75 Å². The molecule has 0 atom stereocenters. The molecule has 0 spiro atoms. The van der Waals surface area contributed by atoms with E-state index in [1.807, 2.05) is 6.07 Å². The van der Waals surface area contributed by atoms with Crippen molar-refractivity contribution < 1.29 is 13.5 Å². The summed E-state index contributed by atoms with van der Waals surface area (Å²) in [6, 6.07) is 6.55. The fraction of sp³-hybridized carbons (Fsp3) is 0.300. The quantitative estimate of drug-likeness (QED) is 0.746. The zero-order chi connectivity index (χ0) is 10.6. The molecule has 0 bridgehead atoms. The van der Waals surface area contributed by atoms with Crippen LogP contribution in [-0.4, -0.2) is 6.61 Å². The minimum absolute atomic E-state index is 0.124. The Labute approximate surface area is 80.7 Å². The van der Waals surface area contributed by atoms with Crippen molar-refractivity contribution >= 4 is 0 Å². The summed E-state index contributed by atoms with van der Waals surface area (Å²) >= 11 is 0. The zero-order valence-electron chi connectivity index (χ0n) is 7.63. The second-order valence-electron chi connectivity index (χ2n) is 2.80. The van der Waals surface area contributed by atoms with E-state index < -0.39 is 6.61 Å². The van der Waals surface area contributed by atoms with Crippen molar-refractivity contribution in [1.82, 2.24) is 0 Å². The Kier molecular flexibility index (Phi) is 3.41. The Bertz CT molecular complexity index is 358. The van der Waals surface area contributed by atoms with Crippen LogP contribution >= 0.6 is 0 Å². The minimum atomic E-state index is -2.81. The molecule has 0 unspecified atom stereocenters. The van der Waals surface area contributed by atoms with E-state index in [0.717, 1.165) is 11.1 Å². The second-order valence-corrected chi connectivity index (χ2v) is 2.80. The van der Waals surface area contributed by atoms with Crippen molar-refractivity contribution in [3.05, 3.63) is 29.3 Å². The second kappa shape index (κ2) is 4.56. The number of nitriles is 1. The van der Waals surface area contributed by atoms with Crippen LogP contribution in [0.2, 0.25) is 0 Å². The van der Waals surface area contributed by atoms with Crippen molar-refractivity contribution in [3.8, 4) is 11.8 Å². The van der Waals surface area contributed by atoms with E-state index in [-0.39, 0.29) is 12.2 Å². The maximum atomic E-state index is 11.8. The van der Waals surface area contributed by atoms with Gasteiger partial charge in [0.05, 0.1) is 12.5 Å². The highest BCUT2D eigenvalue weighted by Crippen LogP contribution is 2.19. The van der Waals surface area contributed by atoms with Crippen molar-refractivity contribution in [2.24, 2.45) is 0 Å². The number of alkyl halides is 2. The molecule has 0 amide bonds. The highest BCUT2D eigenvalue weighted by Gasteiger charge is 2.05. The fourth-order valence-electron chi connectivity index (χ4n) is 1.13. The van der Waals surface area contributed by atoms with Crippen LogP contribution in [0.4, 0.5) is 8.78 Å². The van der Waals surface area contributed by atoms with Crippen LogP contribution in [0.3, 0.4) is 0 Å². The number of hydrogen-bond donors (Lipinski definition) is 0. The zero-order valence-corrected chi connectivity index (χ0v) is 7.63. The highest BCUT2D eigenvalue weighted by atomic mass is 19.3. The Morgan fingerprint density at radius 1 is 1.50 bits per heavy atom. The van der Waals surface area contributed by atoms with Gasteiger partial charge in [-0.1, -0.05) is 6.07 Å². The third-order valence-electron chi connectivity index (χ3n) is 1.81. The van der Waals surface area contributed by atoms with Crippen LogP contribution < -0.4 is 4.74 Å². The minimum Gasteiger partial charge on any atom is -0.435 e. The van der Waals surface area contributed by atoms with Crippen molar-refractivity contribution in [2.45, 2.75) is 20.0 Å². The number of hydrogen-bond acceptors (Lipinski definition) is 2. The third kappa shape index (κ3) is 2.70. The molecule has 0 N–H and O–H groups in total. The largest absolute Gasteiger partial charge is 0.435 e. The van der Waals surface area contributed by atoms with Gasteiger partial charge in [-0.25, -0.2) is 0 Å². The molecule has 74 valence electrons. The Morgan fingerprint density at radius 3 is 2.71 bits per heavy atom. The molecule has 4 heteroatoms. The highest BCUT2D eigenvalue weighted by molar-refractivity contribution is 5.36. The van der Waals surface area contributed by atoms with E-state index in [0.29, 0.717) is 0 Å². The molecule has 0 aliphatic carbocycles. The van der Waals surface area contributed by atoms with Gasteiger partial charge in [-0.2, -0.15) is 14.0 Å². The summed E-state index contributed by atoms with van der Waals surface area (Å²) in [6.07, 6.45) is 0.279. The molecule has 1 rings (SSSR count). The maximum absolute atomic E-state index is 11.8. The summed E-state index contributed by atoms with van der Waals surface area (Å²) in [4.78, 5) is 0. The van der Waals surface area contributed by atoms with E-state index in [2.05, 4.69) is 4.74 Å². The van der Waals surface area contributed by atoms with Crippen LogP contribution in [0, 0.1) is 18.3 Å². The van der Waals surface area contributed by atoms with Crippen LogP contribution in [-0.2, 0) is 6.42 Å². The molecular formula is C10H9F2NO. The average Bonchev–Trinajstić information content (AvgIpc) is 2.09. The number of ether oxygens (including phenoxy) is 1. The fourth-order valence-corrected chi connectivity index (χ4v) is 1.13. The van der Waals surface area contributed by atoms with Gasteiger partial charge in [-0.15, -0.1) is 0 Å². The number of nitrogens with zero attached hydrogens (tertiary/aromatic N) is 1. The molecule has 1 aromatic rings. The molecule has 1 aromatic carbocycles. The van der Waals surface area contributed by atoms with Gasteiger partial charge in [-0.3, -0.25) is 0 Å². The molecule has 14 heavy (non-hydrogen) atoms. The van der Waals surface area contributed by atoms with Gasteiger partial charge in [0.25, 0.3) is 0 Å². The molecule has 0 saturated heterocycles. The first-order chi connectivity index (χ1) is 6.63. The number of halogens is 2. The molecule has 0 radical (unpaired) electrons. The molecule has 0 aromatic heterocycles. The standard InChI is InChI=1S/C10H9F2NO/c1-7-6-9(14-10(11)12)3-2-8(7)4-5-13/h2-3,6,10H,4H2,1H3. The van der Waals surface area contributed by atoms with Crippen molar-refractivity contribution in [2.75, 3.05) is 0 Å². The van der Waals surface area contributed by atoms with Crippen LogP contribution in [0.15, 0.2) is 18.2 Å². The lowest BCUT2D eigenvalue weighted by molar-refractivity contribution is -0.0498. The van der Waals surface area contributed by atoms with Gasteiger partial charge in [-0.05, 0) is 30.2 Å². The van der Waals surface area contributed by atoms with Crippen LogP contribution in [0.1, 0.15) is 11.1 Å². The molecule has 0 fully saturated rings. The average molecular weight is 197 g/mol. The van der Waals surface area contributed by atoms with E-state index in [1.54, 1.807) is 13.0 Å². The molecule has 0 aliphatic rings. The van der Waals surface area contributed by atoms with Gasteiger partial charge in [0.2, 0.25) is 0 Å². The SMILES string of the molecule is Cc1cc(OC(F)F)ccc1CC#N. The number of benzene rings is 1. The first-order valence-corrected chi connectivity index (χ1v) is 4.05. The summed E-state index contributed by atoms with van der Waals surface area (Å²) in [7, 11) is 0. The predicted molar refractivity (Wildman–Crippen MR) is 47.1 cm³/mol. The lowest BCUT2D eigenvalue weighted by atomic mass is 10.1. The first kappa shape index (κ1) is 10.5. The summed E-state index contributed by atoms with van der Waals surface area (Å²) < 4.78 is 27.9. The van der Waals surface area contributed by atoms with Gasteiger partial charge in [0, 0.05) is 0 Å². The number of rotatable bonds is 3. The monoisotopic (exact) mass is 197 g/mol. The summed E-state index contributed by atoms with van der Waals surface area (Å²) in [5, 5.41) is 8.46. The molecule has 0 saturated carbocycles. The topological polar surface area (TPSA) is 33.0 Å². The van der Waals surface area contributed by atoms with Crippen molar-refractivity contribution in [1.29, 1.82) is 5.26 Å². The van der Waals surface area contributed by atoms with E-state index in [4.69, 9.17) is 5.26 Å². The van der Waals surface area contributed by atoms with Gasteiger partial charge < -0.3 is 4.74 Å². The molecule has 0 aliphatic heterocycles. The Morgan fingerprint density at radius 2 is 2.21 bits per heavy atom. The van der Waals surface area contributed by atoms with E-state index >= 15 is 0 Å². The lowest BCUT2D eigenvalue weighted by Gasteiger charge is -2.07. The lowest BCUT2D eigenvalue weighted by Crippen LogP contribution is -2.02. The number of aryl methyl sites for hydroxylation is 1. The predicted octanol–water partition coefficient (Wildman–Crippen LogP) is 2.66. The van der Waals surface area contributed by atoms with Crippen LogP contribution in [0.5, 0.6) is 5.75 Å². The third-order valence-corrected chi connectivity index (χ3v) is 1.81. The van der Waals surface area contributed by atoms with Gasteiger partial charge in [0.15, 0.2) is 0 Å². The molecule has 0 heterocycles. The summed E-state index contributed by atoms with van der Waals surface area (Å²) in [5.41, 5.74) is 1.61. The summed E-state index contributed by atoms with van der Waals surface area (Å²) in [6.45, 7) is -1.05. The van der Waals surface area contributed by atoms with Gasteiger partial charge >= 0.3 is 6.61 Å². The Balaban J connectivity index is 2.84. The van der Waals surface area contributed by atoms with E-state index in [9.17, 15) is 8.78 Å². The first-order valence-electron chi connectivity index (χ1n) is 4.05. The molecular weight excluding hydrogens is 188 g/mol. The Hall–Kier alpha value is -1.63. The van der Waals surface area contributed by atoms with Crippen molar-refractivity contribution in [3.63, 3.8) is 0 Å². The van der Waals surface area contributed by atoms with Crippen LogP contribution in [0.25, 0.3) is 0 Å². The maximum Gasteiger partial charge on any atom is 0.387 e. The summed E-state index contributed by atoms with van der Waals surface area (Å²) in [5.74, 6) is 0.124. The van der Waals surface area contributed by atoms with E-state index in [1.165, 1.54) is 12.1 Å². The molecule has 2 nitrogen and oxygen atoms in total. The smallest absolute Gasteiger partial charge is 0.387 e. The normalized spacial score (nSPS) is 9.93.